The van der Waals surface area contributed by atoms with Gasteiger partial charge in [-0.25, -0.2) is 9.97 Å². The van der Waals surface area contributed by atoms with Crippen molar-refractivity contribution in [2.45, 2.75) is 6.04 Å². The summed E-state index contributed by atoms with van der Waals surface area (Å²) in [4.78, 5) is 16.5. The summed E-state index contributed by atoms with van der Waals surface area (Å²) < 4.78 is 0. The van der Waals surface area contributed by atoms with E-state index in [1.165, 1.54) is 16.0 Å². The minimum atomic E-state index is 0.290. The fraction of sp³-hybridized carbons (Fsp3) is 0.217. The molecule has 28 heavy (non-hydrogen) atoms. The Bertz CT molecular complexity index is 1080. The van der Waals surface area contributed by atoms with Gasteiger partial charge in [-0.3, -0.25) is 0 Å². The highest BCUT2D eigenvalue weighted by atomic mass is 32.1. The van der Waals surface area contributed by atoms with Gasteiger partial charge in [0, 0.05) is 24.5 Å². The number of anilines is 1. The summed E-state index contributed by atoms with van der Waals surface area (Å²) in [6.07, 6.45) is 1.71. The van der Waals surface area contributed by atoms with Gasteiger partial charge in [0.05, 0.1) is 11.4 Å². The lowest BCUT2D eigenvalue weighted by molar-refractivity contribution is 0.268. The van der Waals surface area contributed by atoms with Crippen molar-refractivity contribution >= 4 is 27.4 Å². The van der Waals surface area contributed by atoms with Crippen LogP contribution in [0.15, 0.2) is 73.1 Å². The summed E-state index contributed by atoms with van der Waals surface area (Å²) in [5.41, 5.74) is 2.56. The lowest BCUT2D eigenvalue weighted by Crippen LogP contribution is -2.47. The smallest absolute Gasteiger partial charge is 0.141 e. The first kappa shape index (κ1) is 17.3. The van der Waals surface area contributed by atoms with Crippen molar-refractivity contribution in [1.82, 2.24) is 14.9 Å². The molecule has 0 N–H and O–H groups in total. The molecule has 0 saturated carbocycles. The molecule has 5 heteroatoms. The Morgan fingerprint density at radius 1 is 0.929 bits per heavy atom. The molecular weight excluding hydrogens is 364 g/mol. The fourth-order valence-corrected chi connectivity index (χ4v) is 4.95. The SMILES string of the molecule is CN1CCN(c2ncnc3sc(-c4ccccc4)cc23)[C@@H](c2ccccc2)C1. The average molecular weight is 387 g/mol. The topological polar surface area (TPSA) is 32.3 Å². The summed E-state index contributed by atoms with van der Waals surface area (Å²) in [6.45, 7) is 2.98. The van der Waals surface area contributed by atoms with E-state index >= 15 is 0 Å². The molecule has 2 aromatic carbocycles. The molecule has 4 aromatic rings. The van der Waals surface area contributed by atoms with E-state index in [1.807, 2.05) is 0 Å². The maximum atomic E-state index is 4.74. The maximum absolute atomic E-state index is 4.74. The van der Waals surface area contributed by atoms with Crippen LogP contribution in [0.3, 0.4) is 0 Å². The molecule has 1 aliphatic rings. The summed E-state index contributed by atoms with van der Waals surface area (Å²) in [5, 5.41) is 1.15. The number of hydrogen-bond donors (Lipinski definition) is 0. The van der Waals surface area contributed by atoms with Crippen molar-refractivity contribution in [2.24, 2.45) is 0 Å². The number of fused-ring (bicyclic) bond motifs is 1. The van der Waals surface area contributed by atoms with Gasteiger partial charge in [0.25, 0.3) is 0 Å². The first-order valence-electron chi connectivity index (χ1n) is 9.60. The van der Waals surface area contributed by atoms with Crippen LogP contribution in [0.5, 0.6) is 0 Å². The first-order chi connectivity index (χ1) is 13.8. The van der Waals surface area contributed by atoms with Crippen LogP contribution in [0.25, 0.3) is 20.7 Å². The number of piperazine rings is 1. The number of thiophene rings is 1. The van der Waals surface area contributed by atoms with Crippen molar-refractivity contribution in [3.05, 3.63) is 78.6 Å². The second-order valence-corrected chi connectivity index (χ2v) is 8.31. The minimum absolute atomic E-state index is 0.290. The molecule has 0 bridgehead atoms. The molecule has 3 heterocycles. The lowest BCUT2D eigenvalue weighted by Gasteiger charge is -2.41. The lowest BCUT2D eigenvalue weighted by atomic mass is 10.0. The van der Waals surface area contributed by atoms with Gasteiger partial charge in [-0.15, -0.1) is 11.3 Å². The molecular formula is C23H22N4S. The van der Waals surface area contributed by atoms with E-state index in [2.05, 4.69) is 88.6 Å². The van der Waals surface area contributed by atoms with Gasteiger partial charge >= 0.3 is 0 Å². The summed E-state index contributed by atoms with van der Waals surface area (Å²) in [6, 6.07) is 23.8. The van der Waals surface area contributed by atoms with Crippen LogP contribution in [0.2, 0.25) is 0 Å². The summed E-state index contributed by atoms with van der Waals surface area (Å²) in [5.74, 6) is 1.05. The van der Waals surface area contributed by atoms with Gasteiger partial charge in [0.15, 0.2) is 0 Å². The predicted molar refractivity (Wildman–Crippen MR) is 117 cm³/mol. The number of rotatable bonds is 3. The van der Waals surface area contributed by atoms with Crippen LogP contribution in [-0.2, 0) is 0 Å². The van der Waals surface area contributed by atoms with Crippen molar-refractivity contribution in [3.63, 3.8) is 0 Å². The molecule has 5 rings (SSSR count). The molecule has 0 aliphatic carbocycles. The largest absolute Gasteiger partial charge is 0.346 e. The number of nitrogens with zero attached hydrogens (tertiary/aromatic N) is 4. The average Bonchev–Trinajstić information content (AvgIpc) is 3.20. The highest BCUT2D eigenvalue weighted by molar-refractivity contribution is 7.21. The fourth-order valence-electron chi connectivity index (χ4n) is 3.95. The normalized spacial score (nSPS) is 17.9. The maximum Gasteiger partial charge on any atom is 0.141 e. The van der Waals surface area contributed by atoms with Crippen LogP contribution >= 0.6 is 11.3 Å². The Labute approximate surface area is 169 Å². The van der Waals surface area contributed by atoms with Crippen molar-refractivity contribution < 1.29 is 0 Å². The monoisotopic (exact) mass is 386 g/mol. The van der Waals surface area contributed by atoms with Crippen LogP contribution < -0.4 is 4.90 Å². The van der Waals surface area contributed by atoms with Crippen molar-refractivity contribution in [2.75, 3.05) is 31.6 Å². The third-order valence-electron chi connectivity index (χ3n) is 5.41. The Morgan fingerprint density at radius 3 is 2.46 bits per heavy atom. The molecule has 0 unspecified atom stereocenters. The van der Waals surface area contributed by atoms with Crippen LogP contribution in [0.1, 0.15) is 11.6 Å². The third-order valence-corrected chi connectivity index (χ3v) is 6.50. The number of hydrogen-bond acceptors (Lipinski definition) is 5. The molecule has 0 spiro atoms. The van der Waals surface area contributed by atoms with E-state index < -0.39 is 0 Å². The van der Waals surface area contributed by atoms with E-state index in [4.69, 9.17) is 4.98 Å². The van der Waals surface area contributed by atoms with Crippen LogP contribution in [0, 0.1) is 0 Å². The quantitative estimate of drug-likeness (QED) is 0.504. The Morgan fingerprint density at radius 2 is 1.68 bits per heavy atom. The Hall–Kier alpha value is -2.76. The summed E-state index contributed by atoms with van der Waals surface area (Å²) >= 11 is 1.74. The zero-order valence-corrected chi connectivity index (χ0v) is 16.6. The molecule has 1 saturated heterocycles. The molecule has 0 radical (unpaired) electrons. The van der Waals surface area contributed by atoms with Crippen molar-refractivity contribution in [1.29, 1.82) is 0 Å². The second-order valence-electron chi connectivity index (χ2n) is 7.27. The van der Waals surface area contributed by atoms with Crippen LogP contribution in [-0.4, -0.2) is 41.5 Å². The highest BCUT2D eigenvalue weighted by Gasteiger charge is 2.29. The number of aromatic nitrogens is 2. The minimum Gasteiger partial charge on any atom is -0.346 e. The standard InChI is InChI=1S/C23H22N4S/c1-26-12-13-27(20(15-26)17-8-4-2-5-9-17)22-19-14-21(18-10-6-3-7-11-18)28-23(19)25-16-24-22/h2-11,14,16,20H,12-13,15H2,1H3/t20-/m1/s1. The zero-order chi connectivity index (χ0) is 18.9. The van der Waals surface area contributed by atoms with Crippen LogP contribution in [0.4, 0.5) is 5.82 Å². The first-order valence-corrected chi connectivity index (χ1v) is 10.4. The molecule has 0 amide bonds. The van der Waals surface area contributed by atoms with Gasteiger partial charge in [0.2, 0.25) is 0 Å². The van der Waals surface area contributed by atoms with Gasteiger partial charge in [-0.1, -0.05) is 60.7 Å². The van der Waals surface area contributed by atoms with Crippen molar-refractivity contribution in [3.8, 4) is 10.4 Å². The number of likely N-dealkylation sites (N-methyl/N-ethyl adjacent to an activating group) is 1. The molecule has 140 valence electrons. The second kappa shape index (κ2) is 7.34. The third kappa shape index (κ3) is 3.17. The highest BCUT2D eigenvalue weighted by Crippen LogP contribution is 2.39. The van der Waals surface area contributed by atoms with E-state index in [9.17, 15) is 0 Å². The van der Waals surface area contributed by atoms with Gasteiger partial charge in [0.1, 0.15) is 17.0 Å². The molecule has 1 fully saturated rings. The zero-order valence-electron chi connectivity index (χ0n) is 15.8. The van der Waals surface area contributed by atoms with E-state index in [1.54, 1.807) is 17.7 Å². The molecule has 1 atom stereocenters. The number of benzene rings is 2. The molecule has 2 aromatic heterocycles. The van der Waals surface area contributed by atoms with Gasteiger partial charge < -0.3 is 9.80 Å². The van der Waals surface area contributed by atoms with E-state index in [-0.39, 0.29) is 6.04 Å². The van der Waals surface area contributed by atoms with E-state index in [0.29, 0.717) is 0 Å². The Balaban J connectivity index is 1.60. The molecule has 4 nitrogen and oxygen atoms in total. The summed E-state index contributed by atoms with van der Waals surface area (Å²) in [7, 11) is 2.20. The van der Waals surface area contributed by atoms with E-state index in [0.717, 1.165) is 35.7 Å². The Kier molecular flexibility index (Phi) is 4.55. The predicted octanol–water partition coefficient (Wildman–Crippen LogP) is 4.85. The van der Waals surface area contributed by atoms with Gasteiger partial charge in [-0.05, 0) is 24.2 Å². The molecule has 1 aliphatic heterocycles. The van der Waals surface area contributed by atoms with Gasteiger partial charge in [-0.2, -0.15) is 0 Å².